The van der Waals surface area contributed by atoms with E-state index in [1.165, 1.54) is 17.8 Å². The maximum absolute atomic E-state index is 13.5. The van der Waals surface area contributed by atoms with Gasteiger partial charge in [-0.15, -0.1) is 0 Å². The van der Waals surface area contributed by atoms with Gasteiger partial charge in [0.1, 0.15) is 6.04 Å². The van der Waals surface area contributed by atoms with Crippen LogP contribution in [0.3, 0.4) is 0 Å². The zero-order valence-electron chi connectivity index (χ0n) is 22.4. The number of amides is 2. The Morgan fingerprint density at radius 1 is 1.00 bits per heavy atom. The van der Waals surface area contributed by atoms with E-state index in [4.69, 9.17) is 0 Å². The molecule has 0 spiro atoms. The zero-order valence-corrected chi connectivity index (χ0v) is 23.2. The van der Waals surface area contributed by atoms with Gasteiger partial charge >= 0.3 is 0 Å². The van der Waals surface area contributed by atoms with Crippen LogP contribution in [-0.4, -0.2) is 55.1 Å². The largest absolute Gasteiger partial charge is 0.352 e. The summed E-state index contributed by atoms with van der Waals surface area (Å²) in [6.07, 6.45) is 6.45. The molecule has 0 aromatic heterocycles. The van der Waals surface area contributed by atoms with Crippen molar-refractivity contribution in [3.05, 3.63) is 65.7 Å². The first-order chi connectivity index (χ1) is 17.7. The van der Waals surface area contributed by atoms with Crippen molar-refractivity contribution < 1.29 is 18.0 Å². The molecule has 0 bridgehead atoms. The maximum Gasteiger partial charge on any atom is 0.243 e. The Morgan fingerprint density at radius 3 is 2.27 bits per heavy atom. The van der Waals surface area contributed by atoms with Crippen molar-refractivity contribution in [2.45, 2.75) is 88.7 Å². The first-order valence-electron chi connectivity index (χ1n) is 13.4. The van der Waals surface area contributed by atoms with Gasteiger partial charge in [0.2, 0.25) is 21.8 Å². The van der Waals surface area contributed by atoms with Crippen LogP contribution < -0.4 is 5.32 Å². The molecule has 1 fully saturated rings. The number of nitrogens with zero attached hydrogens (tertiary/aromatic N) is 2. The molecule has 0 saturated heterocycles. The molecule has 2 aromatic carbocycles. The van der Waals surface area contributed by atoms with Crippen molar-refractivity contribution in [1.29, 1.82) is 0 Å². The highest BCUT2D eigenvalue weighted by molar-refractivity contribution is 7.89. The minimum absolute atomic E-state index is 0.0985. The second kappa shape index (κ2) is 13.7. The molecule has 7 nitrogen and oxygen atoms in total. The standard InChI is InChI=1S/C29H41N3O4S/c1-4-27(29(34)30-25-12-7-5-8-13-25)32(22-24-19-17-23(2)18-20-24)28(33)16-11-21-31(3)37(35,36)26-14-9-6-10-15-26/h6,9-10,14-15,17-20,25,27H,4-5,7-8,11-13,16,21-22H2,1-3H3,(H,30,34)/t27-/m1/s1. The van der Waals surface area contributed by atoms with Crippen molar-refractivity contribution in [2.75, 3.05) is 13.6 Å². The molecule has 0 heterocycles. The van der Waals surface area contributed by atoms with E-state index in [1.807, 2.05) is 38.1 Å². The van der Waals surface area contributed by atoms with Crippen LogP contribution in [0.4, 0.5) is 0 Å². The van der Waals surface area contributed by atoms with Gasteiger partial charge in [0.05, 0.1) is 4.90 Å². The van der Waals surface area contributed by atoms with Crippen LogP contribution >= 0.6 is 0 Å². The monoisotopic (exact) mass is 527 g/mol. The minimum Gasteiger partial charge on any atom is -0.352 e. The van der Waals surface area contributed by atoms with E-state index < -0.39 is 16.1 Å². The Hall–Kier alpha value is -2.71. The third-order valence-corrected chi connectivity index (χ3v) is 9.00. The van der Waals surface area contributed by atoms with E-state index in [0.717, 1.165) is 36.8 Å². The fourth-order valence-electron chi connectivity index (χ4n) is 4.84. The molecule has 0 aliphatic heterocycles. The lowest BCUT2D eigenvalue weighted by atomic mass is 9.95. The van der Waals surface area contributed by atoms with Gasteiger partial charge in [-0.2, -0.15) is 0 Å². The SMILES string of the molecule is CC[C@H](C(=O)NC1CCCCC1)N(Cc1ccc(C)cc1)C(=O)CCCN(C)S(=O)(=O)c1ccccc1. The second-order valence-corrected chi connectivity index (χ2v) is 12.1. The smallest absolute Gasteiger partial charge is 0.243 e. The third-order valence-electron chi connectivity index (χ3n) is 7.13. The minimum atomic E-state index is -3.62. The van der Waals surface area contributed by atoms with Gasteiger partial charge < -0.3 is 10.2 Å². The molecule has 2 aromatic rings. The molecule has 1 aliphatic rings. The molecule has 1 atom stereocenters. The van der Waals surface area contributed by atoms with Gasteiger partial charge in [0.15, 0.2) is 0 Å². The highest BCUT2D eigenvalue weighted by Gasteiger charge is 2.30. The van der Waals surface area contributed by atoms with Crippen LogP contribution in [0.15, 0.2) is 59.5 Å². The molecule has 8 heteroatoms. The quantitative estimate of drug-likeness (QED) is 0.435. The van der Waals surface area contributed by atoms with Gasteiger partial charge in [-0.25, -0.2) is 12.7 Å². The summed E-state index contributed by atoms with van der Waals surface area (Å²) >= 11 is 0. The summed E-state index contributed by atoms with van der Waals surface area (Å²) in [6.45, 7) is 4.50. The molecule has 2 amide bonds. The van der Waals surface area contributed by atoms with Crippen LogP contribution in [0.25, 0.3) is 0 Å². The molecule has 1 aliphatic carbocycles. The van der Waals surface area contributed by atoms with Gasteiger partial charge in [0.25, 0.3) is 0 Å². The highest BCUT2D eigenvalue weighted by atomic mass is 32.2. The molecule has 202 valence electrons. The van der Waals surface area contributed by atoms with Gasteiger partial charge in [-0.3, -0.25) is 9.59 Å². The summed E-state index contributed by atoms with van der Waals surface area (Å²) in [7, 11) is -2.09. The van der Waals surface area contributed by atoms with E-state index in [2.05, 4.69) is 5.32 Å². The number of sulfonamides is 1. The summed E-state index contributed by atoms with van der Waals surface area (Å²) in [5.74, 6) is -0.240. The van der Waals surface area contributed by atoms with Gasteiger partial charge in [-0.1, -0.05) is 74.2 Å². The van der Waals surface area contributed by atoms with Crippen molar-refractivity contribution >= 4 is 21.8 Å². The van der Waals surface area contributed by atoms with Crippen LogP contribution in [0, 0.1) is 6.92 Å². The molecule has 1 saturated carbocycles. The van der Waals surface area contributed by atoms with Crippen LogP contribution in [0.1, 0.15) is 69.4 Å². The fraction of sp³-hybridized carbons (Fsp3) is 0.517. The Balaban J connectivity index is 1.69. The van der Waals surface area contributed by atoms with Crippen molar-refractivity contribution in [3.8, 4) is 0 Å². The predicted octanol–water partition coefficient (Wildman–Crippen LogP) is 4.65. The number of rotatable bonds is 12. The molecular weight excluding hydrogens is 486 g/mol. The van der Waals surface area contributed by atoms with E-state index in [9.17, 15) is 18.0 Å². The van der Waals surface area contributed by atoms with Gasteiger partial charge in [-0.05, 0) is 50.3 Å². The molecule has 37 heavy (non-hydrogen) atoms. The second-order valence-electron chi connectivity index (χ2n) is 10.0. The number of nitrogens with one attached hydrogen (secondary N) is 1. The predicted molar refractivity (Wildman–Crippen MR) is 146 cm³/mol. The van der Waals surface area contributed by atoms with E-state index in [1.54, 1.807) is 35.2 Å². The van der Waals surface area contributed by atoms with Crippen molar-refractivity contribution in [1.82, 2.24) is 14.5 Å². The Kier molecular flexibility index (Phi) is 10.7. The summed E-state index contributed by atoms with van der Waals surface area (Å²) in [4.78, 5) is 28.7. The number of hydrogen-bond acceptors (Lipinski definition) is 4. The molecule has 0 unspecified atom stereocenters. The lowest BCUT2D eigenvalue weighted by molar-refractivity contribution is -0.141. The number of benzene rings is 2. The van der Waals surface area contributed by atoms with E-state index in [-0.39, 0.29) is 35.7 Å². The summed E-state index contributed by atoms with van der Waals surface area (Å²) < 4.78 is 26.9. The lowest BCUT2D eigenvalue weighted by Crippen LogP contribution is -2.51. The number of carbonyl (C=O) groups is 2. The first kappa shape index (κ1) is 28.9. The maximum atomic E-state index is 13.5. The van der Waals surface area contributed by atoms with Crippen LogP contribution in [-0.2, 0) is 26.2 Å². The summed E-state index contributed by atoms with van der Waals surface area (Å²) in [5.41, 5.74) is 2.10. The van der Waals surface area contributed by atoms with Crippen molar-refractivity contribution in [3.63, 3.8) is 0 Å². The zero-order chi connectivity index (χ0) is 26.8. The van der Waals surface area contributed by atoms with Crippen LogP contribution in [0.2, 0.25) is 0 Å². The third kappa shape index (κ3) is 8.14. The van der Waals surface area contributed by atoms with Gasteiger partial charge in [0, 0.05) is 32.6 Å². The number of aryl methyl sites for hydroxylation is 1. The van der Waals surface area contributed by atoms with Crippen molar-refractivity contribution in [2.24, 2.45) is 0 Å². The highest BCUT2D eigenvalue weighted by Crippen LogP contribution is 2.20. The topological polar surface area (TPSA) is 86.8 Å². The molecular formula is C29H41N3O4S. The fourth-order valence-corrected chi connectivity index (χ4v) is 6.07. The summed E-state index contributed by atoms with van der Waals surface area (Å²) in [6, 6.07) is 15.9. The molecule has 1 N–H and O–H groups in total. The molecule has 0 radical (unpaired) electrons. The Labute approximate surface area is 222 Å². The number of hydrogen-bond donors (Lipinski definition) is 1. The van der Waals surface area contributed by atoms with E-state index >= 15 is 0 Å². The average Bonchev–Trinajstić information content (AvgIpc) is 2.90. The Morgan fingerprint density at radius 2 is 1.65 bits per heavy atom. The number of carbonyl (C=O) groups excluding carboxylic acids is 2. The molecule has 3 rings (SSSR count). The Bertz CT molecular complexity index is 1110. The first-order valence-corrected chi connectivity index (χ1v) is 14.8. The van der Waals surface area contributed by atoms with E-state index in [0.29, 0.717) is 19.4 Å². The van der Waals surface area contributed by atoms with Crippen LogP contribution in [0.5, 0.6) is 0 Å². The summed E-state index contributed by atoms with van der Waals surface area (Å²) in [5, 5.41) is 3.19. The normalized spacial score (nSPS) is 15.4. The average molecular weight is 528 g/mol. The lowest BCUT2D eigenvalue weighted by Gasteiger charge is -2.33.